The largest absolute Gasteiger partial charge is 0.478 e. The molecular weight excluding hydrogens is 220 g/mol. The van der Waals surface area contributed by atoms with Gasteiger partial charge in [-0.2, -0.15) is 0 Å². The third kappa shape index (κ3) is 2.97. The van der Waals surface area contributed by atoms with Crippen molar-refractivity contribution in [2.24, 2.45) is 0 Å². The third-order valence-electron chi connectivity index (χ3n) is 2.10. The van der Waals surface area contributed by atoms with Gasteiger partial charge in [-0.05, 0) is 18.2 Å². The molecular formula is C11H10N4O2. The van der Waals surface area contributed by atoms with E-state index >= 15 is 0 Å². The first-order valence-electron chi connectivity index (χ1n) is 4.94. The van der Waals surface area contributed by atoms with Crippen molar-refractivity contribution >= 4 is 11.8 Å². The number of nitrogens with one attached hydrogen (secondary N) is 1. The van der Waals surface area contributed by atoms with Crippen LogP contribution in [-0.2, 0) is 6.54 Å². The first-order valence-corrected chi connectivity index (χ1v) is 4.94. The Bertz CT molecular complexity index is 516. The first kappa shape index (κ1) is 11.0. The molecule has 2 aromatic heterocycles. The van der Waals surface area contributed by atoms with Crippen LogP contribution in [0.15, 0.2) is 36.9 Å². The van der Waals surface area contributed by atoms with Crippen molar-refractivity contribution in [2.75, 3.05) is 5.32 Å². The fourth-order valence-electron chi connectivity index (χ4n) is 1.26. The third-order valence-corrected chi connectivity index (χ3v) is 2.10. The number of anilines is 1. The van der Waals surface area contributed by atoms with Gasteiger partial charge < -0.3 is 10.4 Å². The molecule has 6 heteroatoms. The fourth-order valence-corrected chi connectivity index (χ4v) is 1.26. The lowest BCUT2D eigenvalue weighted by Crippen LogP contribution is -2.05. The van der Waals surface area contributed by atoms with Gasteiger partial charge in [0.15, 0.2) is 0 Å². The summed E-state index contributed by atoms with van der Waals surface area (Å²) in [4.78, 5) is 22.6. The molecule has 6 nitrogen and oxygen atoms in total. The topological polar surface area (TPSA) is 88.0 Å². The maximum atomic E-state index is 10.8. The van der Waals surface area contributed by atoms with Crippen LogP contribution in [0, 0.1) is 0 Å². The Balaban J connectivity index is 2.04. The smallest absolute Gasteiger partial charge is 0.335 e. The van der Waals surface area contributed by atoms with E-state index in [1.165, 1.54) is 24.7 Å². The lowest BCUT2D eigenvalue weighted by molar-refractivity contribution is 0.0697. The van der Waals surface area contributed by atoms with Gasteiger partial charge in [0.2, 0.25) is 0 Å². The predicted molar refractivity (Wildman–Crippen MR) is 60.6 cm³/mol. The Hall–Kier alpha value is -2.50. The number of pyridine rings is 1. The van der Waals surface area contributed by atoms with Gasteiger partial charge in [0.25, 0.3) is 0 Å². The number of rotatable bonds is 4. The highest BCUT2D eigenvalue weighted by molar-refractivity contribution is 5.88. The second-order valence-corrected chi connectivity index (χ2v) is 3.29. The van der Waals surface area contributed by atoms with Crippen LogP contribution in [0.2, 0.25) is 0 Å². The Morgan fingerprint density at radius 1 is 1.29 bits per heavy atom. The molecule has 0 bridgehead atoms. The van der Waals surface area contributed by atoms with Crippen LogP contribution < -0.4 is 5.32 Å². The summed E-state index contributed by atoms with van der Waals surface area (Å²) in [6.45, 7) is 0.471. The molecule has 0 aromatic carbocycles. The molecule has 17 heavy (non-hydrogen) atoms. The highest BCUT2D eigenvalue weighted by atomic mass is 16.4. The molecule has 86 valence electrons. The van der Waals surface area contributed by atoms with Gasteiger partial charge in [-0.25, -0.2) is 19.7 Å². The summed E-state index contributed by atoms with van der Waals surface area (Å²) in [5.41, 5.74) is 1.01. The van der Waals surface area contributed by atoms with E-state index in [-0.39, 0.29) is 5.56 Å². The van der Waals surface area contributed by atoms with Gasteiger partial charge in [-0.1, -0.05) is 0 Å². The summed E-state index contributed by atoms with van der Waals surface area (Å²) in [7, 11) is 0. The van der Waals surface area contributed by atoms with E-state index in [0.29, 0.717) is 12.4 Å². The molecule has 0 radical (unpaired) electrons. The van der Waals surface area contributed by atoms with Crippen molar-refractivity contribution in [1.29, 1.82) is 0 Å². The molecule has 0 spiro atoms. The second-order valence-electron chi connectivity index (χ2n) is 3.29. The van der Waals surface area contributed by atoms with Crippen molar-refractivity contribution in [1.82, 2.24) is 15.0 Å². The fraction of sp³-hybridized carbons (Fsp3) is 0.0909. The van der Waals surface area contributed by atoms with Crippen LogP contribution in [0.4, 0.5) is 5.82 Å². The number of nitrogens with zero attached hydrogens (tertiary/aromatic N) is 3. The lowest BCUT2D eigenvalue weighted by atomic mass is 10.2. The number of hydrogen-bond acceptors (Lipinski definition) is 5. The molecule has 0 fully saturated rings. The van der Waals surface area contributed by atoms with Crippen molar-refractivity contribution in [3.63, 3.8) is 0 Å². The Kier molecular flexibility index (Phi) is 3.25. The lowest BCUT2D eigenvalue weighted by Gasteiger charge is -2.05. The van der Waals surface area contributed by atoms with Gasteiger partial charge in [0, 0.05) is 12.4 Å². The van der Waals surface area contributed by atoms with E-state index in [9.17, 15) is 4.79 Å². The van der Waals surface area contributed by atoms with E-state index in [4.69, 9.17) is 5.11 Å². The Morgan fingerprint density at radius 2 is 2.18 bits per heavy atom. The average molecular weight is 230 g/mol. The van der Waals surface area contributed by atoms with Gasteiger partial charge >= 0.3 is 5.97 Å². The van der Waals surface area contributed by atoms with Crippen LogP contribution in [-0.4, -0.2) is 26.0 Å². The van der Waals surface area contributed by atoms with Crippen LogP contribution in [0.1, 0.15) is 16.1 Å². The van der Waals surface area contributed by atoms with E-state index in [2.05, 4.69) is 20.3 Å². The molecule has 0 aliphatic carbocycles. The monoisotopic (exact) mass is 230 g/mol. The summed E-state index contributed by atoms with van der Waals surface area (Å²) in [5, 5.41) is 11.8. The predicted octanol–water partition coefficient (Wildman–Crippen LogP) is 1.18. The number of carboxylic acid groups (broad SMARTS) is 1. The highest BCUT2D eigenvalue weighted by Crippen LogP contribution is 2.07. The molecule has 2 N–H and O–H groups in total. The average Bonchev–Trinajstić information content (AvgIpc) is 2.38. The molecule has 2 aromatic rings. The summed E-state index contributed by atoms with van der Waals surface area (Å²) in [6, 6.07) is 4.69. The molecule has 0 atom stereocenters. The molecule has 0 saturated carbocycles. The molecule has 0 unspecified atom stereocenters. The van der Waals surface area contributed by atoms with Crippen molar-refractivity contribution in [3.05, 3.63) is 48.2 Å². The number of aromatic carboxylic acids is 1. The maximum absolute atomic E-state index is 10.8. The minimum atomic E-state index is -0.975. The molecule has 0 aliphatic heterocycles. The number of carboxylic acids is 1. The molecule has 0 aliphatic rings. The maximum Gasteiger partial charge on any atom is 0.335 e. The summed E-state index contributed by atoms with van der Waals surface area (Å²) in [5.74, 6) is -0.471. The molecule has 2 rings (SSSR count). The van der Waals surface area contributed by atoms with E-state index in [0.717, 1.165) is 5.69 Å². The van der Waals surface area contributed by atoms with Crippen molar-refractivity contribution in [3.8, 4) is 0 Å². The number of hydrogen-bond donors (Lipinski definition) is 2. The number of carbonyl (C=O) groups is 1. The van der Waals surface area contributed by atoms with Gasteiger partial charge in [0.05, 0.1) is 17.8 Å². The first-order chi connectivity index (χ1) is 8.25. The van der Waals surface area contributed by atoms with Gasteiger partial charge in [0.1, 0.15) is 12.1 Å². The van der Waals surface area contributed by atoms with Crippen LogP contribution in [0.5, 0.6) is 0 Å². The zero-order chi connectivity index (χ0) is 12.1. The van der Waals surface area contributed by atoms with Crippen molar-refractivity contribution < 1.29 is 9.90 Å². The zero-order valence-corrected chi connectivity index (χ0v) is 8.87. The normalized spacial score (nSPS) is 9.88. The highest BCUT2D eigenvalue weighted by Gasteiger charge is 2.03. The minimum Gasteiger partial charge on any atom is -0.478 e. The van der Waals surface area contributed by atoms with Crippen LogP contribution >= 0.6 is 0 Å². The molecule has 2 heterocycles. The van der Waals surface area contributed by atoms with Gasteiger partial charge in [-0.3, -0.25) is 0 Å². The zero-order valence-electron chi connectivity index (χ0n) is 8.87. The van der Waals surface area contributed by atoms with E-state index in [1.807, 2.05) is 0 Å². The van der Waals surface area contributed by atoms with Gasteiger partial charge in [-0.15, -0.1) is 0 Å². The molecule has 0 amide bonds. The van der Waals surface area contributed by atoms with Crippen LogP contribution in [0.25, 0.3) is 0 Å². The van der Waals surface area contributed by atoms with Crippen LogP contribution in [0.3, 0.4) is 0 Å². The quantitative estimate of drug-likeness (QED) is 0.820. The number of aromatic nitrogens is 3. The Morgan fingerprint density at radius 3 is 2.88 bits per heavy atom. The molecule has 0 saturated heterocycles. The van der Waals surface area contributed by atoms with E-state index < -0.39 is 5.97 Å². The minimum absolute atomic E-state index is 0.199. The van der Waals surface area contributed by atoms with Crippen molar-refractivity contribution in [2.45, 2.75) is 6.54 Å². The van der Waals surface area contributed by atoms with E-state index in [1.54, 1.807) is 12.3 Å². The standard InChI is InChI=1S/C11H10N4O2/c16-11(17)8-1-4-13-10(5-8)14-6-9-2-3-12-7-15-9/h1-5,7H,6H2,(H,13,14)(H,16,17). The summed E-state index contributed by atoms with van der Waals surface area (Å²) < 4.78 is 0. The SMILES string of the molecule is O=C(O)c1ccnc(NCc2ccncn2)c1. The summed E-state index contributed by atoms with van der Waals surface area (Å²) in [6.07, 6.45) is 4.55. The second kappa shape index (κ2) is 5.02. The Labute approximate surface area is 97.4 Å². The summed E-state index contributed by atoms with van der Waals surface area (Å²) >= 11 is 0.